The maximum Gasteiger partial charge on any atom is 0.335 e. The zero-order chi connectivity index (χ0) is 16.7. The largest absolute Gasteiger partial charge is 0.479 e. The fourth-order valence-corrected chi connectivity index (χ4v) is 1.36. The molecule has 0 aliphatic rings. The topological polar surface area (TPSA) is 173 Å². The van der Waals surface area contributed by atoms with Crippen molar-refractivity contribution in [1.29, 1.82) is 0 Å². The Kier molecular flexibility index (Phi) is 6.53. The van der Waals surface area contributed by atoms with E-state index in [1.807, 2.05) is 5.43 Å². The van der Waals surface area contributed by atoms with Gasteiger partial charge in [0.05, 0.1) is 6.21 Å². The lowest BCUT2D eigenvalue weighted by atomic mass is 10.0. The second kappa shape index (κ2) is 8.14. The van der Waals surface area contributed by atoms with Crippen LogP contribution in [0.2, 0.25) is 0 Å². The maximum absolute atomic E-state index is 11.6. The highest BCUT2D eigenvalue weighted by atomic mass is 16.4. The third-order valence-corrected chi connectivity index (χ3v) is 2.61. The summed E-state index contributed by atoms with van der Waals surface area (Å²) >= 11 is 0. The fraction of sp³-hybridized carbons (Fsp3) is 0.333. The summed E-state index contributed by atoms with van der Waals surface area (Å²) in [7, 11) is 0. The normalized spacial score (nSPS) is 16.7. The number of amides is 1. The number of hydrogen-bond acceptors (Lipinski definition) is 8. The Morgan fingerprint density at radius 1 is 1.14 bits per heavy atom. The maximum atomic E-state index is 11.6. The van der Waals surface area contributed by atoms with Crippen LogP contribution in [0.15, 0.2) is 29.6 Å². The zero-order valence-electron chi connectivity index (χ0n) is 11.1. The summed E-state index contributed by atoms with van der Waals surface area (Å²) in [4.78, 5) is 25.7. The molecular weight excluding hydrogens is 298 g/mol. The molecular formula is C12H15N3O7. The van der Waals surface area contributed by atoms with E-state index in [1.54, 1.807) is 0 Å². The van der Waals surface area contributed by atoms with Gasteiger partial charge in [0.2, 0.25) is 0 Å². The number of rotatable bonds is 7. The van der Waals surface area contributed by atoms with Gasteiger partial charge in [-0.1, -0.05) is 0 Å². The fourth-order valence-electron chi connectivity index (χ4n) is 1.36. The molecule has 0 aliphatic heterocycles. The van der Waals surface area contributed by atoms with Gasteiger partial charge in [-0.25, -0.2) is 10.2 Å². The first-order valence-electron chi connectivity index (χ1n) is 6.03. The predicted octanol–water partition coefficient (Wildman–Crippen LogP) is -2.67. The van der Waals surface area contributed by atoms with Crippen molar-refractivity contribution in [2.75, 3.05) is 0 Å². The number of nitrogens with one attached hydrogen (secondary N) is 1. The van der Waals surface area contributed by atoms with Gasteiger partial charge in [-0.2, -0.15) is 5.10 Å². The second-order valence-corrected chi connectivity index (χ2v) is 4.21. The standard InChI is InChI=1S/C12H15N3O7/c16-7(8(17)9(18)10(19)12(21)22)5-14-15-11(20)6-1-3-13-4-2-6/h1-5,7-10,16-19H,(H,15,20)(H,21,22)/b14-5+/t7-,8+,9+,10+/m1/s1. The third-order valence-electron chi connectivity index (χ3n) is 2.61. The zero-order valence-corrected chi connectivity index (χ0v) is 11.1. The first kappa shape index (κ1) is 17.7. The Balaban J connectivity index is 2.55. The molecule has 1 amide bonds. The van der Waals surface area contributed by atoms with E-state index in [4.69, 9.17) is 10.2 Å². The molecule has 4 atom stereocenters. The minimum atomic E-state index is -2.27. The summed E-state index contributed by atoms with van der Waals surface area (Å²) in [6, 6.07) is 2.84. The molecule has 10 nitrogen and oxygen atoms in total. The molecule has 0 saturated heterocycles. The minimum Gasteiger partial charge on any atom is -0.479 e. The van der Waals surface area contributed by atoms with E-state index in [9.17, 15) is 24.9 Å². The molecule has 0 fully saturated rings. The molecule has 0 aromatic carbocycles. The number of hydrazone groups is 1. The quantitative estimate of drug-likeness (QED) is 0.233. The van der Waals surface area contributed by atoms with E-state index in [-0.39, 0.29) is 5.56 Å². The van der Waals surface area contributed by atoms with Crippen LogP contribution in [0, 0.1) is 0 Å². The third kappa shape index (κ3) is 4.86. The molecule has 1 aromatic rings. The number of aliphatic hydroxyl groups is 4. The van der Waals surface area contributed by atoms with E-state index < -0.39 is 36.3 Å². The number of nitrogens with zero attached hydrogens (tertiary/aromatic N) is 2. The van der Waals surface area contributed by atoms with Gasteiger partial charge in [-0.15, -0.1) is 0 Å². The number of aliphatic carboxylic acids is 1. The SMILES string of the molecule is O=C(N/N=C/[C@@H](O)[C@H](O)[C@H](O)[C@H](O)C(=O)O)c1ccncc1. The smallest absolute Gasteiger partial charge is 0.335 e. The molecule has 0 saturated carbocycles. The van der Waals surface area contributed by atoms with Gasteiger partial charge in [-0.05, 0) is 12.1 Å². The van der Waals surface area contributed by atoms with Crippen LogP contribution in [-0.4, -0.2) is 73.0 Å². The highest BCUT2D eigenvalue weighted by molar-refractivity contribution is 5.94. The Morgan fingerprint density at radius 2 is 1.73 bits per heavy atom. The lowest BCUT2D eigenvalue weighted by Gasteiger charge is -2.22. The van der Waals surface area contributed by atoms with Gasteiger partial charge in [0.1, 0.15) is 18.3 Å². The van der Waals surface area contributed by atoms with Gasteiger partial charge in [0.25, 0.3) is 5.91 Å². The van der Waals surface area contributed by atoms with Crippen molar-refractivity contribution in [2.45, 2.75) is 24.4 Å². The van der Waals surface area contributed by atoms with Crippen molar-refractivity contribution < 1.29 is 35.1 Å². The lowest BCUT2D eigenvalue weighted by molar-refractivity contribution is -0.160. The van der Waals surface area contributed by atoms with Gasteiger partial charge in [-0.3, -0.25) is 9.78 Å². The molecule has 0 bridgehead atoms. The molecule has 0 aliphatic carbocycles. The number of carbonyl (C=O) groups excluding carboxylic acids is 1. The number of aliphatic hydroxyl groups excluding tert-OH is 4. The number of carboxylic acids is 1. The van der Waals surface area contributed by atoms with E-state index >= 15 is 0 Å². The predicted molar refractivity (Wildman–Crippen MR) is 71.9 cm³/mol. The molecule has 0 unspecified atom stereocenters. The van der Waals surface area contributed by atoms with E-state index in [0.717, 1.165) is 0 Å². The van der Waals surface area contributed by atoms with Crippen LogP contribution in [-0.2, 0) is 4.79 Å². The van der Waals surface area contributed by atoms with Gasteiger partial charge >= 0.3 is 5.97 Å². The molecule has 120 valence electrons. The average molecular weight is 313 g/mol. The molecule has 0 radical (unpaired) electrons. The van der Waals surface area contributed by atoms with Crippen LogP contribution in [0.5, 0.6) is 0 Å². The summed E-state index contributed by atoms with van der Waals surface area (Å²) in [5.74, 6) is -2.37. The van der Waals surface area contributed by atoms with Crippen molar-refractivity contribution >= 4 is 18.1 Å². The Morgan fingerprint density at radius 3 is 2.27 bits per heavy atom. The van der Waals surface area contributed by atoms with Gasteiger partial charge in [0, 0.05) is 18.0 Å². The van der Waals surface area contributed by atoms with Crippen molar-refractivity contribution in [3.05, 3.63) is 30.1 Å². The van der Waals surface area contributed by atoms with Crippen molar-refractivity contribution in [3.63, 3.8) is 0 Å². The summed E-state index contributed by atoms with van der Waals surface area (Å²) < 4.78 is 0. The molecule has 22 heavy (non-hydrogen) atoms. The van der Waals surface area contributed by atoms with Gasteiger partial charge in [0.15, 0.2) is 6.10 Å². The molecule has 10 heteroatoms. The first-order valence-corrected chi connectivity index (χ1v) is 6.03. The lowest BCUT2D eigenvalue weighted by Crippen LogP contribution is -2.48. The average Bonchev–Trinajstić information content (AvgIpc) is 2.53. The molecule has 1 rings (SSSR count). The molecule has 1 aromatic heterocycles. The summed E-state index contributed by atoms with van der Waals surface area (Å²) in [6.45, 7) is 0. The molecule has 6 N–H and O–H groups in total. The van der Waals surface area contributed by atoms with E-state index in [2.05, 4.69) is 10.1 Å². The highest BCUT2D eigenvalue weighted by Gasteiger charge is 2.33. The van der Waals surface area contributed by atoms with Crippen LogP contribution in [0.4, 0.5) is 0 Å². The summed E-state index contributed by atoms with van der Waals surface area (Å²) in [5, 5.41) is 49.1. The number of hydrogen-bond donors (Lipinski definition) is 6. The number of pyridine rings is 1. The Labute approximate surface area is 124 Å². The van der Waals surface area contributed by atoms with Gasteiger partial charge < -0.3 is 25.5 Å². The van der Waals surface area contributed by atoms with Crippen LogP contribution in [0.1, 0.15) is 10.4 Å². The van der Waals surface area contributed by atoms with Crippen LogP contribution < -0.4 is 5.43 Å². The first-order chi connectivity index (χ1) is 10.3. The van der Waals surface area contributed by atoms with Crippen LogP contribution >= 0.6 is 0 Å². The number of aromatic nitrogens is 1. The van der Waals surface area contributed by atoms with E-state index in [1.165, 1.54) is 24.5 Å². The molecule has 0 spiro atoms. The van der Waals surface area contributed by atoms with Crippen LogP contribution in [0.25, 0.3) is 0 Å². The Bertz CT molecular complexity index is 537. The Hall–Kier alpha value is -2.40. The van der Waals surface area contributed by atoms with E-state index in [0.29, 0.717) is 6.21 Å². The minimum absolute atomic E-state index is 0.253. The van der Waals surface area contributed by atoms with Crippen molar-refractivity contribution in [1.82, 2.24) is 10.4 Å². The second-order valence-electron chi connectivity index (χ2n) is 4.21. The van der Waals surface area contributed by atoms with Crippen LogP contribution in [0.3, 0.4) is 0 Å². The highest BCUT2D eigenvalue weighted by Crippen LogP contribution is 2.04. The van der Waals surface area contributed by atoms with Crippen molar-refractivity contribution in [2.24, 2.45) is 5.10 Å². The number of carboxylic acid groups (broad SMARTS) is 1. The summed E-state index contributed by atoms with van der Waals surface area (Å²) in [6.07, 6.45) is -4.75. The van der Waals surface area contributed by atoms with Crippen molar-refractivity contribution in [3.8, 4) is 0 Å². The number of carbonyl (C=O) groups is 2. The summed E-state index contributed by atoms with van der Waals surface area (Å²) in [5.41, 5.74) is 2.30. The monoisotopic (exact) mass is 313 g/mol. The molecule has 1 heterocycles.